The van der Waals surface area contributed by atoms with Crippen molar-refractivity contribution in [2.24, 2.45) is 0 Å². The third-order valence-electron chi connectivity index (χ3n) is 1.52. The maximum Gasteiger partial charge on any atom is 0.494 e. The zero-order valence-electron chi connectivity index (χ0n) is 7.75. The predicted octanol–water partition coefficient (Wildman–Crippen LogP) is 1.96. The molecule has 17 heavy (non-hydrogen) atoms. The Hall–Kier alpha value is -1.87. The Balaban J connectivity index is 3.14. The summed E-state index contributed by atoms with van der Waals surface area (Å²) < 4.78 is 72.6. The Morgan fingerprint density at radius 2 is 1.41 bits per heavy atom. The molecule has 0 atom stereocenters. The maximum atomic E-state index is 12.1. The molecule has 0 unspecified atom stereocenters. The molecule has 10 heteroatoms. The van der Waals surface area contributed by atoms with E-state index in [1.54, 1.807) is 0 Å². The summed E-state index contributed by atoms with van der Waals surface area (Å²) in [6, 6.07) is 0. The van der Waals surface area contributed by atoms with Crippen LogP contribution in [-0.2, 0) is 0 Å². The van der Waals surface area contributed by atoms with Gasteiger partial charge in [-0.1, -0.05) is 0 Å². The summed E-state index contributed by atoms with van der Waals surface area (Å²) in [5.74, 6) is -2.29. The monoisotopic (exact) mass is 259 g/mol. The van der Waals surface area contributed by atoms with Gasteiger partial charge in [0.15, 0.2) is 0 Å². The van der Waals surface area contributed by atoms with Crippen LogP contribution in [0.2, 0.25) is 0 Å². The first-order valence-electron chi connectivity index (χ1n) is 3.87. The van der Waals surface area contributed by atoms with Gasteiger partial charge < -0.3 is 0 Å². The van der Waals surface area contributed by atoms with Gasteiger partial charge in [-0.15, -0.1) is 26.3 Å². The average Bonchev–Trinajstić information content (AvgIpc) is 2.14. The van der Waals surface area contributed by atoms with Crippen molar-refractivity contribution in [3.05, 3.63) is 24.3 Å². The molecule has 0 fully saturated rings. The number of hydrogen-bond acceptors (Lipinski definition) is 3. The van der Waals surface area contributed by atoms with Gasteiger partial charge in [-0.05, 0) is 0 Å². The Labute approximate surface area is 89.9 Å². The van der Waals surface area contributed by atoms with Crippen LogP contribution < -0.4 is 0 Å². The summed E-state index contributed by atoms with van der Waals surface area (Å²) in [6.07, 6.45) is -9.77. The van der Waals surface area contributed by atoms with Crippen LogP contribution in [0.15, 0.2) is 18.7 Å². The minimum atomic E-state index is -5.87. The molecule has 0 saturated carbocycles. The fourth-order valence-corrected chi connectivity index (χ4v) is 0.913. The molecule has 1 aromatic rings. The first-order valence-corrected chi connectivity index (χ1v) is 3.87. The molecule has 0 saturated heterocycles. The third-order valence-corrected chi connectivity index (χ3v) is 1.52. The molecule has 0 spiro atoms. The van der Waals surface area contributed by atoms with Crippen molar-refractivity contribution in [1.82, 2.24) is 14.9 Å². The second-order valence-electron chi connectivity index (χ2n) is 2.70. The number of hydrogen-bond donors (Lipinski definition) is 0. The van der Waals surface area contributed by atoms with Gasteiger partial charge >= 0.3 is 12.6 Å². The Morgan fingerprint density at radius 1 is 1.00 bits per heavy atom. The third kappa shape index (κ3) is 3.04. The van der Waals surface area contributed by atoms with Crippen molar-refractivity contribution in [2.75, 3.05) is 0 Å². The average molecular weight is 259 g/mol. The maximum absolute atomic E-state index is 12.1. The highest BCUT2D eigenvalue weighted by molar-refractivity contribution is 5.94. The zero-order chi connectivity index (χ0) is 13.3. The SMILES string of the molecule is O=C(c1cncnc1)N(C(F)(F)F)C(F)(F)F. The van der Waals surface area contributed by atoms with Crippen molar-refractivity contribution in [3.8, 4) is 0 Å². The fraction of sp³-hybridized carbons (Fsp3) is 0.286. The molecule has 4 nitrogen and oxygen atoms in total. The molecule has 0 aliphatic carbocycles. The van der Waals surface area contributed by atoms with Crippen LogP contribution in [0.3, 0.4) is 0 Å². The van der Waals surface area contributed by atoms with Gasteiger partial charge in [-0.3, -0.25) is 4.79 Å². The molecule has 94 valence electrons. The second kappa shape index (κ2) is 4.18. The van der Waals surface area contributed by atoms with E-state index >= 15 is 0 Å². The van der Waals surface area contributed by atoms with Crippen LogP contribution in [0, 0.1) is 0 Å². The molecule has 1 heterocycles. The lowest BCUT2D eigenvalue weighted by Gasteiger charge is -2.26. The van der Waals surface area contributed by atoms with Gasteiger partial charge in [0.1, 0.15) is 6.33 Å². The summed E-state index contributed by atoms with van der Waals surface area (Å²) in [7, 11) is 0. The highest BCUT2D eigenvalue weighted by atomic mass is 19.4. The molecule has 1 amide bonds. The largest absolute Gasteiger partial charge is 0.494 e. The normalized spacial score (nSPS) is 12.4. The van der Waals surface area contributed by atoms with E-state index in [1.165, 1.54) is 0 Å². The lowest BCUT2D eigenvalue weighted by molar-refractivity contribution is -0.348. The molecular formula is C7H3F6N3O. The summed E-state index contributed by atoms with van der Waals surface area (Å²) >= 11 is 0. The number of rotatable bonds is 1. The lowest BCUT2D eigenvalue weighted by Crippen LogP contribution is -2.51. The second-order valence-corrected chi connectivity index (χ2v) is 2.70. The van der Waals surface area contributed by atoms with Gasteiger partial charge in [0.25, 0.3) is 5.91 Å². The Morgan fingerprint density at radius 3 is 1.76 bits per heavy atom. The minimum absolute atomic E-state index is 0.555. The van der Waals surface area contributed by atoms with Gasteiger partial charge in [0.2, 0.25) is 0 Å². The van der Waals surface area contributed by atoms with Crippen LogP contribution in [0.4, 0.5) is 26.3 Å². The molecule has 0 aromatic carbocycles. The van der Waals surface area contributed by atoms with Crippen LogP contribution in [0.25, 0.3) is 0 Å². The number of carbonyl (C=O) groups is 1. The quantitative estimate of drug-likeness (QED) is 0.572. The van der Waals surface area contributed by atoms with E-state index in [-0.39, 0.29) is 0 Å². The van der Waals surface area contributed by atoms with Gasteiger partial charge in [-0.2, -0.15) is 4.90 Å². The summed E-state index contributed by atoms with van der Waals surface area (Å²) in [5, 5.41) is 0. The lowest BCUT2D eigenvalue weighted by atomic mass is 10.3. The molecule has 1 rings (SSSR count). The van der Waals surface area contributed by atoms with Crippen molar-refractivity contribution in [2.45, 2.75) is 12.6 Å². The Kier molecular flexibility index (Phi) is 3.25. The van der Waals surface area contributed by atoms with E-state index in [1.807, 2.05) is 0 Å². The molecular weight excluding hydrogens is 256 g/mol. The van der Waals surface area contributed by atoms with Crippen molar-refractivity contribution in [3.63, 3.8) is 0 Å². The number of aromatic nitrogens is 2. The van der Waals surface area contributed by atoms with Crippen molar-refractivity contribution < 1.29 is 31.1 Å². The molecule has 0 aliphatic heterocycles. The van der Waals surface area contributed by atoms with Crippen LogP contribution in [0.1, 0.15) is 10.4 Å². The number of carbonyl (C=O) groups excluding carboxylic acids is 1. The Bertz CT molecular complexity index is 386. The number of alkyl halides is 6. The summed E-state index contributed by atoms with van der Waals surface area (Å²) in [5.41, 5.74) is -0.915. The van der Waals surface area contributed by atoms with Crippen LogP contribution in [-0.4, -0.2) is 33.4 Å². The van der Waals surface area contributed by atoms with E-state index in [9.17, 15) is 31.1 Å². The first-order chi connectivity index (χ1) is 7.64. The van der Waals surface area contributed by atoms with E-state index in [2.05, 4.69) is 9.97 Å². The van der Waals surface area contributed by atoms with E-state index in [4.69, 9.17) is 0 Å². The zero-order valence-corrected chi connectivity index (χ0v) is 7.75. The van der Waals surface area contributed by atoms with Crippen molar-refractivity contribution in [1.29, 1.82) is 0 Å². The summed E-state index contributed by atoms with van der Waals surface area (Å²) in [6.45, 7) is 0. The van der Waals surface area contributed by atoms with E-state index in [0.717, 1.165) is 6.33 Å². The number of nitrogens with zero attached hydrogens (tertiary/aromatic N) is 3. The molecule has 1 aromatic heterocycles. The van der Waals surface area contributed by atoms with Gasteiger partial charge in [-0.25, -0.2) is 9.97 Å². The fourth-order valence-electron chi connectivity index (χ4n) is 0.913. The summed E-state index contributed by atoms with van der Waals surface area (Å²) in [4.78, 5) is 15.2. The van der Waals surface area contributed by atoms with E-state index in [0.29, 0.717) is 12.4 Å². The number of halogens is 6. The van der Waals surface area contributed by atoms with Gasteiger partial charge in [0, 0.05) is 12.4 Å². The highest BCUT2D eigenvalue weighted by Gasteiger charge is 2.57. The van der Waals surface area contributed by atoms with Crippen LogP contribution in [0.5, 0.6) is 0 Å². The first kappa shape index (κ1) is 13.2. The smallest absolute Gasteiger partial charge is 0.268 e. The minimum Gasteiger partial charge on any atom is -0.268 e. The molecule has 0 aliphatic rings. The topological polar surface area (TPSA) is 46.1 Å². The van der Waals surface area contributed by atoms with Crippen molar-refractivity contribution >= 4 is 5.91 Å². The standard InChI is InChI=1S/C7H3F6N3O/c8-6(9,10)16(7(11,12)13)5(17)4-1-14-3-15-2-4/h1-3H. The molecule has 0 radical (unpaired) electrons. The molecule has 0 bridgehead atoms. The highest BCUT2D eigenvalue weighted by Crippen LogP contribution is 2.34. The van der Waals surface area contributed by atoms with Crippen LogP contribution >= 0.6 is 0 Å². The number of amides is 1. The molecule has 0 N–H and O–H groups in total. The predicted molar refractivity (Wildman–Crippen MR) is 40.3 cm³/mol. The van der Waals surface area contributed by atoms with Gasteiger partial charge in [0.05, 0.1) is 5.56 Å². The van der Waals surface area contributed by atoms with E-state index < -0.39 is 29.0 Å².